The zero-order chi connectivity index (χ0) is 23.4. The maximum Gasteiger partial charge on any atom is 0.330 e. The quantitative estimate of drug-likeness (QED) is 0.480. The molecule has 0 fully saturated rings. The largest absolute Gasteiger partial charge is 0.383 e. The Balaban J connectivity index is 1.84. The number of rotatable bonds is 6. The van der Waals surface area contributed by atoms with Crippen LogP contribution in [0.3, 0.4) is 0 Å². The van der Waals surface area contributed by atoms with Gasteiger partial charge in [-0.05, 0) is 30.2 Å². The number of carbonyl (C=O) groups excluding carboxylic acids is 1. The number of nitrogens with zero attached hydrogens (tertiary/aromatic N) is 2. The average molecular weight is 441 g/mol. The summed E-state index contributed by atoms with van der Waals surface area (Å²) in [5.74, 6) is -0.454. The van der Waals surface area contributed by atoms with Crippen LogP contribution in [0.25, 0.3) is 0 Å². The molecule has 4 rings (SSSR count). The van der Waals surface area contributed by atoms with Gasteiger partial charge in [-0.25, -0.2) is 4.79 Å². The molecule has 33 heavy (non-hydrogen) atoms. The second-order valence-electron chi connectivity index (χ2n) is 7.81. The molecular formula is C26H24N4O3. The van der Waals surface area contributed by atoms with Crippen LogP contribution in [0.5, 0.6) is 0 Å². The molecule has 0 radical (unpaired) electrons. The number of aromatic amines is 1. The zero-order valence-corrected chi connectivity index (χ0v) is 18.2. The molecule has 7 heteroatoms. The van der Waals surface area contributed by atoms with Gasteiger partial charge in [0.1, 0.15) is 5.82 Å². The molecule has 7 nitrogen and oxygen atoms in total. The van der Waals surface area contributed by atoms with Crippen molar-refractivity contribution in [3.05, 3.63) is 128 Å². The third-order valence-corrected chi connectivity index (χ3v) is 5.39. The summed E-state index contributed by atoms with van der Waals surface area (Å²) in [7, 11) is 0. The standard InChI is InChI=1S/C26H24N4O3/c1-18-12-14-21(15-13-18)25(32)29(16-19-8-4-2-5-9-19)22-23(27)30(26(33)28-24(22)31)17-20-10-6-3-7-11-20/h2-15H,16-17,27H2,1H3,(H,28,31,33). The van der Waals surface area contributed by atoms with Gasteiger partial charge in [-0.15, -0.1) is 0 Å². The van der Waals surface area contributed by atoms with Crippen LogP contribution >= 0.6 is 0 Å². The van der Waals surface area contributed by atoms with Gasteiger partial charge in [0.05, 0.1) is 13.1 Å². The van der Waals surface area contributed by atoms with Crippen molar-refractivity contribution in [3.63, 3.8) is 0 Å². The summed E-state index contributed by atoms with van der Waals surface area (Å²) < 4.78 is 1.27. The Bertz CT molecular complexity index is 1380. The van der Waals surface area contributed by atoms with Crippen molar-refractivity contribution < 1.29 is 4.79 Å². The lowest BCUT2D eigenvalue weighted by Gasteiger charge is -2.25. The number of aromatic nitrogens is 2. The van der Waals surface area contributed by atoms with Crippen molar-refractivity contribution in [1.82, 2.24) is 9.55 Å². The number of carbonyl (C=O) groups is 1. The van der Waals surface area contributed by atoms with E-state index in [0.717, 1.165) is 16.7 Å². The smallest absolute Gasteiger partial charge is 0.330 e. The van der Waals surface area contributed by atoms with E-state index in [0.29, 0.717) is 5.56 Å². The predicted molar refractivity (Wildman–Crippen MR) is 129 cm³/mol. The predicted octanol–water partition coefficient (Wildman–Crippen LogP) is 3.32. The third kappa shape index (κ3) is 4.77. The minimum Gasteiger partial charge on any atom is -0.383 e. The van der Waals surface area contributed by atoms with Crippen LogP contribution in [0, 0.1) is 6.92 Å². The van der Waals surface area contributed by atoms with Crippen LogP contribution < -0.4 is 21.9 Å². The fourth-order valence-electron chi connectivity index (χ4n) is 3.63. The van der Waals surface area contributed by atoms with E-state index >= 15 is 0 Å². The van der Waals surface area contributed by atoms with Crippen LogP contribution in [0.1, 0.15) is 27.0 Å². The lowest BCUT2D eigenvalue weighted by molar-refractivity contribution is 0.0984. The summed E-state index contributed by atoms with van der Waals surface area (Å²) in [6.45, 7) is 2.20. The van der Waals surface area contributed by atoms with Crippen molar-refractivity contribution in [2.75, 3.05) is 10.6 Å². The minimum atomic E-state index is -0.710. The van der Waals surface area contributed by atoms with Gasteiger partial charge in [-0.2, -0.15) is 0 Å². The average Bonchev–Trinajstić information content (AvgIpc) is 2.82. The van der Waals surface area contributed by atoms with Crippen molar-refractivity contribution in [3.8, 4) is 0 Å². The van der Waals surface area contributed by atoms with Crippen LogP contribution in [0.2, 0.25) is 0 Å². The highest BCUT2D eigenvalue weighted by Crippen LogP contribution is 2.23. The molecule has 4 aromatic rings. The monoisotopic (exact) mass is 440 g/mol. The molecule has 1 heterocycles. The minimum absolute atomic E-state index is 0.0556. The molecule has 0 aliphatic heterocycles. The molecular weight excluding hydrogens is 416 g/mol. The van der Waals surface area contributed by atoms with E-state index in [4.69, 9.17) is 5.73 Å². The summed E-state index contributed by atoms with van der Waals surface area (Å²) in [5, 5.41) is 0. The molecule has 3 N–H and O–H groups in total. The Morgan fingerprint density at radius 3 is 2.06 bits per heavy atom. The SMILES string of the molecule is Cc1ccc(C(=O)N(Cc2ccccc2)c2c(N)n(Cc3ccccc3)c(=O)[nH]c2=O)cc1. The number of aryl methyl sites for hydroxylation is 1. The molecule has 0 saturated heterocycles. The fraction of sp³-hybridized carbons (Fsp3) is 0.115. The topological polar surface area (TPSA) is 101 Å². The van der Waals surface area contributed by atoms with E-state index in [2.05, 4.69) is 4.98 Å². The lowest BCUT2D eigenvalue weighted by atomic mass is 10.1. The van der Waals surface area contributed by atoms with Gasteiger partial charge in [0.2, 0.25) is 0 Å². The lowest BCUT2D eigenvalue weighted by Crippen LogP contribution is -2.41. The first-order valence-corrected chi connectivity index (χ1v) is 10.5. The number of benzene rings is 3. The normalized spacial score (nSPS) is 10.7. The van der Waals surface area contributed by atoms with Gasteiger partial charge < -0.3 is 5.73 Å². The Kier molecular flexibility index (Phi) is 6.22. The number of amides is 1. The first kappa shape index (κ1) is 21.8. The van der Waals surface area contributed by atoms with Crippen LogP contribution in [0.15, 0.2) is 94.5 Å². The number of hydrogen-bond donors (Lipinski definition) is 2. The molecule has 0 saturated carbocycles. The van der Waals surface area contributed by atoms with Crippen molar-refractivity contribution >= 4 is 17.4 Å². The Hall–Kier alpha value is -4.39. The highest BCUT2D eigenvalue weighted by Gasteiger charge is 2.25. The third-order valence-electron chi connectivity index (χ3n) is 5.39. The Morgan fingerprint density at radius 2 is 1.45 bits per heavy atom. The van der Waals surface area contributed by atoms with Crippen molar-refractivity contribution in [1.29, 1.82) is 0 Å². The van der Waals surface area contributed by atoms with Crippen LogP contribution in [0.4, 0.5) is 11.5 Å². The fourth-order valence-corrected chi connectivity index (χ4v) is 3.63. The van der Waals surface area contributed by atoms with E-state index in [1.807, 2.05) is 79.7 Å². The summed E-state index contributed by atoms with van der Waals surface area (Å²) in [6.07, 6.45) is 0. The number of hydrogen-bond acceptors (Lipinski definition) is 4. The van der Waals surface area contributed by atoms with Gasteiger partial charge in [-0.1, -0.05) is 78.4 Å². The number of nitrogens with two attached hydrogens (primary N) is 1. The van der Waals surface area contributed by atoms with Gasteiger partial charge >= 0.3 is 5.69 Å². The molecule has 0 atom stereocenters. The summed E-state index contributed by atoms with van der Waals surface area (Å²) in [4.78, 5) is 42.8. The molecule has 0 spiro atoms. The molecule has 0 aliphatic carbocycles. The number of anilines is 2. The van der Waals surface area contributed by atoms with Crippen molar-refractivity contribution in [2.45, 2.75) is 20.0 Å². The molecule has 1 aromatic heterocycles. The van der Waals surface area contributed by atoms with E-state index in [9.17, 15) is 14.4 Å². The van der Waals surface area contributed by atoms with Gasteiger partial charge in [0.15, 0.2) is 5.69 Å². The van der Waals surface area contributed by atoms with E-state index in [-0.39, 0.29) is 30.5 Å². The van der Waals surface area contributed by atoms with E-state index in [1.54, 1.807) is 12.1 Å². The second kappa shape index (κ2) is 9.40. The van der Waals surface area contributed by atoms with Crippen LogP contribution in [-0.4, -0.2) is 15.5 Å². The highest BCUT2D eigenvalue weighted by atomic mass is 16.2. The summed E-state index contributed by atoms with van der Waals surface area (Å²) in [5.41, 5.74) is 8.06. The Morgan fingerprint density at radius 1 is 0.879 bits per heavy atom. The first-order valence-electron chi connectivity index (χ1n) is 10.5. The molecule has 3 aromatic carbocycles. The molecule has 166 valence electrons. The highest BCUT2D eigenvalue weighted by molar-refractivity contribution is 6.07. The number of nitrogen functional groups attached to an aromatic ring is 1. The molecule has 1 amide bonds. The maximum atomic E-state index is 13.6. The maximum absolute atomic E-state index is 13.6. The first-order chi connectivity index (χ1) is 15.9. The number of nitrogens with one attached hydrogen (secondary N) is 1. The van der Waals surface area contributed by atoms with E-state index in [1.165, 1.54) is 9.47 Å². The summed E-state index contributed by atoms with van der Waals surface area (Å²) >= 11 is 0. The second-order valence-corrected chi connectivity index (χ2v) is 7.81. The van der Waals surface area contributed by atoms with Crippen LogP contribution in [-0.2, 0) is 13.1 Å². The molecule has 0 bridgehead atoms. The zero-order valence-electron chi connectivity index (χ0n) is 18.2. The summed E-state index contributed by atoms with van der Waals surface area (Å²) in [6, 6.07) is 25.7. The Labute approximate surface area is 190 Å². The van der Waals surface area contributed by atoms with E-state index < -0.39 is 11.2 Å². The molecule has 0 aliphatic rings. The number of H-pyrrole nitrogens is 1. The van der Waals surface area contributed by atoms with Gasteiger partial charge in [0.25, 0.3) is 11.5 Å². The van der Waals surface area contributed by atoms with Gasteiger partial charge in [-0.3, -0.25) is 24.0 Å². The molecule has 0 unspecified atom stereocenters. The van der Waals surface area contributed by atoms with Crippen molar-refractivity contribution in [2.24, 2.45) is 0 Å². The van der Waals surface area contributed by atoms with Gasteiger partial charge in [0, 0.05) is 5.56 Å².